The van der Waals surface area contributed by atoms with E-state index in [0.29, 0.717) is 16.4 Å². The molecule has 0 bridgehead atoms. The van der Waals surface area contributed by atoms with E-state index in [1.165, 1.54) is 40.7 Å². The van der Waals surface area contributed by atoms with Crippen molar-refractivity contribution in [1.82, 2.24) is 9.78 Å². The number of nitrogens with one attached hydrogen (secondary N) is 1. The molecule has 0 saturated carbocycles. The van der Waals surface area contributed by atoms with Gasteiger partial charge in [0.2, 0.25) is 5.91 Å². The van der Waals surface area contributed by atoms with Crippen molar-refractivity contribution in [2.45, 2.75) is 18.9 Å². The Hall–Kier alpha value is -2.93. The molecule has 0 radical (unpaired) electrons. The topological polar surface area (TPSA) is 64.0 Å². The lowest BCUT2D eigenvalue weighted by Crippen LogP contribution is -2.21. The van der Waals surface area contributed by atoms with Crippen LogP contribution in [-0.2, 0) is 4.79 Å². The zero-order valence-corrected chi connectivity index (χ0v) is 15.7. The summed E-state index contributed by atoms with van der Waals surface area (Å²) in [6.45, 7) is 3.97. The van der Waals surface area contributed by atoms with Crippen molar-refractivity contribution in [3.63, 3.8) is 0 Å². The SMILES string of the molecule is Cc1ccc(-n2nc(SCC(=O)Nc3cccc(F)c3)ccc2=O)cc1C. The van der Waals surface area contributed by atoms with E-state index >= 15 is 0 Å². The summed E-state index contributed by atoms with van der Waals surface area (Å²) in [5, 5.41) is 7.51. The van der Waals surface area contributed by atoms with Crippen molar-refractivity contribution >= 4 is 23.4 Å². The van der Waals surface area contributed by atoms with E-state index in [9.17, 15) is 14.0 Å². The highest BCUT2D eigenvalue weighted by Gasteiger charge is 2.08. The van der Waals surface area contributed by atoms with Crippen molar-refractivity contribution in [2.75, 3.05) is 11.1 Å². The maximum atomic E-state index is 13.2. The molecule has 1 N–H and O–H groups in total. The first-order chi connectivity index (χ1) is 12.9. The summed E-state index contributed by atoms with van der Waals surface area (Å²) >= 11 is 1.20. The van der Waals surface area contributed by atoms with Crippen molar-refractivity contribution < 1.29 is 9.18 Å². The molecule has 7 heteroatoms. The first kappa shape index (κ1) is 18.8. The molecule has 0 spiro atoms. The molecule has 0 unspecified atom stereocenters. The van der Waals surface area contributed by atoms with Crippen molar-refractivity contribution in [1.29, 1.82) is 0 Å². The standard InChI is InChI=1S/C20H18FN3O2S/c1-13-6-7-17(10-14(13)2)24-20(26)9-8-19(23-24)27-12-18(25)22-16-5-3-4-15(21)11-16/h3-11H,12H2,1-2H3,(H,22,25). The van der Waals surface area contributed by atoms with E-state index in [0.717, 1.165) is 11.1 Å². The van der Waals surface area contributed by atoms with Gasteiger partial charge in [0.25, 0.3) is 5.56 Å². The van der Waals surface area contributed by atoms with Gasteiger partial charge in [-0.1, -0.05) is 23.9 Å². The smallest absolute Gasteiger partial charge is 0.271 e. The van der Waals surface area contributed by atoms with Crippen LogP contribution >= 0.6 is 11.8 Å². The number of benzene rings is 2. The van der Waals surface area contributed by atoms with Gasteiger partial charge in [0.05, 0.1) is 11.4 Å². The lowest BCUT2D eigenvalue weighted by molar-refractivity contribution is -0.113. The molecule has 3 rings (SSSR count). The predicted molar refractivity (Wildman–Crippen MR) is 105 cm³/mol. The summed E-state index contributed by atoms with van der Waals surface area (Å²) in [6, 6.07) is 14.4. The van der Waals surface area contributed by atoms with Gasteiger partial charge in [0.15, 0.2) is 0 Å². The molecular weight excluding hydrogens is 365 g/mol. The van der Waals surface area contributed by atoms with E-state index in [4.69, 9.17) is 0 Å². The number of aryl methyl sites for hydroxylation is 2. The molecule has 0 aliphatic rings. The number of halogens is 1. The van der Waals surface area contributed by atoms with Crippen LogP contribution in [0.4, 0.5) is 10.1 Å². The van der Waals surface area contributed by atoms with Gasteiger partial charge in [0, 0.05) is 11.8 Å². The molecule has 5 nitrogen and oxygen atoms in total. The molecular formula is C20H18FN3O2S. The van der Waals surface area contributed by atoms with Crippen LogP contribution in [0.5, 0.6) is 0 Å². The minimum absolute atomic E-state index is 0.0919. The number of thioether (sulfide) groups is 1. The maximum Gasteiger partial charge on any atom is 0.271 e. The quantitative estimate of drug-likeness (QED) is 0.682. The van der Waals surface area contributed by atoms with Crippen LogP contribution in [0.25, 0.3) is 5.69 Å². The number of anilines is 1. The highest BCUT2D eigenvalue weighted by molar-refractivity contribution is 7.99. The van der Waals surface area contributed by atoms with Crippen molar-refractivity contribution in [3.8, 4) is 5.69 Å². The Morgan fingerprint density at radius 1 is 1.11 bits per heavy atom. The number of rotatable bonds is 5. The van der Waals surface area contributed by atoms with Gasteiger partial charge in [0.1, 0.15) is 10.8 Å². The van der Waals surface area contributed by atoms with E-state index in [1.807, 2.05) is 32.0 Å². The summed E-state index contributed by atoms with van der Waals surface area (Å²) < 4.78 is 14.5. The second-order valence-corrected chi connectivity index (χ2v) is 7.03. The molecule has 1 heterocycles. The number of nitrogens with zero attached hydrogens (tertiary/aromatic N) is 2. The number of aromatic nitrogens is 2. The molecule has 0 aliphatic carbocycles. The molecule has 0 aliphatic heterocycles. The molecule has 27 heavy (non-hydrogen) atoms. The maximum absolute atomic E-state index is 13.2. The normalized spacial score (nSPS) is 10.6. The number of amides is 1. The average molecular weight is 383 g/mol. The van der Waals surface area contributed by atoms with Gasteiger partial charge in [-0.2, -0.15) is 9.78 Å². The Balaban J connectivity index is 1.71. The highest BCUT2D eigenvalue weighted by Crippen LogP contribution is 2.17. The van der Waals surface area contributed by atoms with Gasteiger partial charge in [-0.15, -0.1) is 0 Å². The minimum atomic E-state index is -0.414. The van der Waals surface area contributed by atoms with Crippen LogP contribution in [0.2, 0.25) is 0 Å². The third-order valence-electron chi connectivity index (χ3n) is 3.97. The first-order valence-electron chi connectivity index (χ1n) is 8.28. The second-order valence-electron chi connectivity index (χ2n) is 6.04. The highest BCUT2D eigenvalue weighted by atomic mass is 32.2. The summed E-state index contributed by atoms with van der Waals surface area (Å²) in [5.41, 5.74) is 3.02. The van der Waals surface area contributed by atoms with Gasteiger partial charge in [-0.05, 0) is 61.4 Å². The minimum Gasteiger partial charge on any atom is -0.325 e. The van der Waals surface area contributed by atoms with Crippen LogP contribution in [0, 0.1) is 19.7 Å². The van der Waals surface area contributed by atoms with E-state index in [1.54, 1.807) is 12.1 Å². The van der Waals surface area contributed by atoms with Crippen molar-refractivity contribution in [2.24, 2.45) is 0 Å². The Labute approximate surface area is 160 Å². The first-order valence-corrected chi connectivity index (χ1v) is 9.27. The lowest BCUT2D eigenvalue weighted by atomic mass is 10.1. The largest absolute Gasteiger partial charge is 0.325 e. The fourth-order valence-corrected chi connectivity index (χ4v) is 3.07. The zero-order chi connectivity index (χ0) is 19.4. The Kier molecular flexibility index (Phi) is 5.71. The van der Waals surface area contributed by atoms with E-state index in [2.05, 4.69) is 10.4 Å². The molecule has 0 saturated heterocycles. The Bertz CT molecular complexity index is 1050. The fraction of sp³-hybridized carbons (Fsp3) is 0.150. The number of hydrogen-bond acceptors (Lipinski definition) is 4. The summed E-state index contributed by atoms with van der Waals surface area (Å²) in [6.07, 6.45) is 0. The van der Waals surface area contributed by atoms with Gasteiger partial charge >= 0.3 is 0 Å². The predicted octanol–water partition coefficient (Wildman–Crippen LogP) is 3.72. The van der Waals surface area contributed by atoms with Crippen LogP contribution in [0.3, 0.4) is 0 Å². The summed E-state index contributed by atoms with van der Waals surface area (Å²) in [5.74, 6) is -0.604. The molecule has 0 atom stereocenters. The number of carbonyl (C=O) groups is 1. The summed E-state index contributed by atoms with van der Waals surface area (Å²) in [7, 11) is 0. The molecule has 138 valence electrons. The van der Waals surface area contributed by atoms with Crippen LogP contribution in [0.15, 0.2) is 64.4 Å². The number of carbonyl (C=O) groups excluding carboxylic acids is 1. The van der Waals surface area contributed by atoms with Gasteiger partial charge in [-0.25, -0.2) is 4.39 Å². The molecule has 3 aromatic rings. The third kappa shape index (κ3) is 4.83. The third-order valence-corrected chi connectivity index (χ3v) is 4.89. The fourth-order valence-electron chi connectivity index (χ4n) is 2.42. The monoisotopic (exact) mass is 383 g/mol. The second kappa shape index (κ2) is 8.18. The molecule has 1 amide bonds. The van der Waals surface area contributed by atoms with E-state index < -0.39 is 5.82 Å². The van der Waals surface area contributed by atoms with Crippen LogP contribution < -0.4 is 10.9 Å². The average Bonchev–Trinajstić information content (AvgIpc) is 2.63. The Morgan fingerprint density at radius 2 is 1.93 bits per heavy atom. The lowest BCUT2D eigenvalue weighted by Gasteiger charge is -2.09. The van der Waals surface area contributed by atoms with E-state index in [-0.39, 0.29) is 17.2 Å². The van der Waals surface area contributed by atoms with Gasteiger partial charge in [-0.3, -0.25) is 9.59 Å². The summed E-state index contributed by atoms with van der Waals surface area (Å²) in [4.78, 5) is 24.2. The van der Waals surface area contributed by atoms with Crippen LogP contribution in [-0.4, -0.2) is 21.4 Å². The van der Waals surface area contributed by atoms with Crippen LogP contribution in [0.1, 0.15) is 11.1 Å². The molecule has 0 fully saturated rings. The van der Waals surface area contributed by atoms with Crippen molar-refractivity contribution in [3.05, 3.63) is 81.9 Å². The Morgan fingerprint density at radius 3 is 2.67 bits per heavy atom. The van der Waals surface area contributed by atoms with Gasteiger partial charge < -0.3 is 5.32 Å². The number of hydrogen-bond donors (Lipinski definition) is 1. The molecule has 1 aromatic heterocycles. The molecule has 2 aromatic carbocycles. The zero-order valence-electron chi connectivity index (χ0n) is 14.9.